The zero-order chi connectivity index (χ0) is 12.3. The third-order valence-electron chi connectivity index (χ3n) is 4.30. The second kappa shape index (κ2) is 5.83. The molecule has 0 aromatic heterocycles. The van der Waals surface area contributed by atoms with E-state index < -0.39 is 12.0 Å². The molecule has 0 aromatic carbocycles. The first-order valence-corrected chi connectivity index (χ1v) is 6.71. The van der Waals surface area contributed by atoms with E-state index in [4.69, 9.17) is 4.74 Å². The first-order valence-electron chi connectivity index (χ1n) is 6.71. The highest BCUT2D eigenvalue weighted by Gasteiger charge is 2.39. The average molecular weight is 241 g/mol. The number of carboxylic acid groups (broad SMARTS) is 1. The van der Waals surface area contributed by atoms with Crippen molar-refractivity contribution in [1.82, 2.24) is 4.90 Å². The van der Waals surface area contributed by atoms with Gasteiger partial charge in [-0.15, -0.1) is 0 Å². The number of carbonyl (C=O) groups is 1. The van der Waals surface area contributed by atoms with Gasteiger partial charge in [0, 0.05) is 13.2 Å². The number of hydrogen-bond acceptors (Lipinski definition) is 3. The Hall–Kier alpha value is -0.610. The minimum absolute atomic E-state index is 0.304. The first kappa shape index (κ1) is 12.8. The molecular weight excluding hydrogens is 218 g/mol. The van der Waals surface area contributed by atoms with Crippen LogP contribution in [0.5, 0.6) is 0 Å². The van der Waals surface area contributed by atoms with E-state index in [1.165, 1.54) is 25.7 Å². The van der Waals surface area contributed by atoms with Crippen LogP contribution in [0.2, 0.25) is 0 Å². The van der Waals surface area contributed by atoms with Crippen LogP contribution in [0.25, 0.3) is 0 Å². The van der Waals surface area contributed by atoms with E-state index in [1.54, 1.807) is 7.11 Å². The van der Waals surface area contributed by atoms with Gasteiger partial charge < -0.3 is 9.84 Å². The molecule has 1 N–H and O–H groups in total. The zero-order valence-electron chi connectivity index (χ0n) is 10.6. The molecule has 98 valence electrons. The van der Waals surface area contributed by atoms with Crippen molar-refractivity contribution in [3.05, 3.63) is 0 Å². The number of nitrogens with zero attached hydrogens (tertiary/aromatic N) is 1. The van der Waals surface area contributed by atoms with Crippen LogP contribution in [-0.4, -0.2) is 48.3 Å². The molecule has 4 nitrogen and oxygen atoms in total. The Morgan fingerprint density at radius 1 is 1.35 bits per heavy atom. The molecule has 2 unspecified atom stereocenters. The summed E-state index contributed by atoms with van der Waals surface area (Å²) in [5, 5.41) is 9.30. The van der Waals surface area contributed by atoms with E-state index in [-0.39, 0.29) is 0 Å². The number of aliphatic carboxylic acids is 1. The van der Waals surface area contributed by atoms with Gasteiger partial charge in [0.15, 0.2) is 0 Å². The fourth-order valence-corrected chi connectivity index (χ4v) is 3.52. The maximum Gasteiger partial charge on any atom is 0.323 e. The Labute approximate surface area is 103 Å². The molecule has 2 rings (SSSR count). The summed E-state index contributed by atoms with van der Waals surface area (Å²) in [6.45, 7) is 1.22. The van der Waals surface area contributed by atoms with Crippen LogP contribution < -0.4 is 0 Å². The van der Waals surface area contributed by atoms with Crippen LogP contribution in [0, 0.1) is 5.92 Å². The monoisotopic (exact) mass is 241 g/mol. The lowest BCUT2D eigenvalue weighted by molar-refractivity contribution is -0.146. The van der Waals surface area contributed by atoms with Crippen molar-refractivity contribution in [1.29, 1.82) is 0 Å². The van der Waals surface area contributed by atoms with Gasteiger partial charge in [-0.05, 0) is 38.1 Å². The average Bonchev–Trinajstić information content (AvgIpc) is 2.95. The predicted octanol–water partition coefficient (Wildman–Crippen LogP) is 1.74. The molecule has 17 heavy (non-hydrogen) atoms. The summed E-state index contributed by atoms with van der Waals surface area (Å²) in [6.07, 6.45) is 7.49. The first-order chi connectivity index (χ1) is 8.24. The molecule has 2 fully saturated rings. The molecule has 1 saturated carbocycles. The zero-order valence-corrected chi connectivity index (χ0v) is 10.6. The molecule has 2 atom stereocenters. The SMILES string of the molecule is COCC(C(=O)O)N1CCCC1C1CCCC1. The Bertz CT molecular complexity index is 263. The van der Waals surface area contributed by atoms with E-state index in [2.05, 4.69) is 4.90 Å². The van der Waals surface area contributed by atoms with Crippen molar-refractivity contribution in [3.63, 3.8) is 0 Å². The van der Waals surface area contributed by atoms with Gasteiger partial charge in [-0.25, -0.2) is 0 Å². The molecule has 1 heterocycles. The topological polar surface area (TPSA) is 49.8 Å². The summed E-state index contributed by atoms with van der Waals surface area (Å²) in [5.74, 6) is -0.0204. The molecule has 0 bridgehead atoms. The van der Waals surface area contributed by atoms with Crippen molar-refractivity contribution in [2.24, 2.45) is 5.92 Å². The summed E-state index contributed by atoms with van der Waals surface area (Å²) in [5.41, 5.74) is 0. The van der Waals surface area contributed by atoms with Crippen LogP contribution in [0.4, 0.5) is 0 Å². The number of likely N-dealkylation sites (tertiary alicyclic amines) is 1. The molecule has 0 radical (unpaired) electrons. The van der Waals surface area contributed by atoms with Crippen molar-refractivity contribution >= 4 is 5.97 Å². The quantitative estimate of drug-likeness (QED) is 0.796. The highest BCUT2D eigenvalue weighted by atomic mass is 16.5. The molecule has 0 spiro atoms. The molecule has 0 aromatic rings. The molecule has 1 saturated heterocycles. The third-order valence-corrected chi connectivity index (χ3v) is 4.30. The second-order valence-electron chi connectivity index (χ2n) is 5.30. The van der Waals surface area contributed by atoms with Crippen LogP contribution in [0.3, 0.4) is 0 Å². The fraction of sp³-hybridized carbons (Fsp3) is 0.923. The lowest BCUT2D eigenvalue weighted by atomic mass is 9.95. The Morgan fingerprint density at radius 3 is 2.65 bits per heavy atom. The maximum absolute atomic E-state index is 11.3. The maximum atomic E-state index is 11.3. The number of ether oxygens (including phenoxy) is 1. The molecule has 2 aliphatic rings. The minimum atomic E-state index is -0.739. The summed E-state index contributed by atoms with van der Waals surface area (Å²) in [6, 6.07) is 0.0295. The molecular formula is C13H23NO3. The summed E-state index contributed by atoms with van der Waals surface area (Å²) >= 11 is 0. The van der Waals surface area contributed by atoms with Crippen LogP contribution in [-0.2, 0) is 9.53 Å². The van der Waals surface area contributed by atoms with E-state index in [0.717, 1.165) is 25.3 Å². The van der Waals surface area contributed by atoms with Gasteiger partial charge >= 0.3 is 5.97 Å². The fourth-order valence-electron chi connectivity index (χ4n) is 3.52. The number of carboxylic acids is 1. The summed E-state index contributed by atoms with van der Waals surface area (Å²) < 4.78 is 5.07. The summed E-state index contributed by atoms with van der Waals surface area (Å²) in [7, 11) is 1.58. The van der Waals surface area contributed by atoms with Crippen molar-refractivity contribution in [2.45, 2.75) is 50.6 Å². The van der Waals surface area contributed by atoms with E-state index in [9.17, 15) is 9.90 Å². The number of methoxy groups -OCH3 is 1. The van der Waals surface area contributed by atoms with E-state index >= 15 is 0 Å². The third kappa shape index (κ3) is 2.80. The molecule has 1 aliphatic carbocycles. The number of hydrogen-bond donors (Lipinski definition) is 1. The van der Waals surface area contributed by atoms with Gasteiger partial charge in [0.2, 0.25) is 0 Å². The largest absolute Gasteiger partial charge is 0.480 e. The Kier molecular flexibility index (Phi) is 4.40. The Balaban J connectivity index is 2.03. The van der Waals surface area contributed by atoms with Crippen molar-refractivity contribution < 1.29 is 14.6 Å². The lowest BCUT2D eigenvalue weighted by Gasteiger charge is -2.33. The Morgan fingerprint density at radius 2 is 2.06 bits per heavy atom. The smallest absolute Gasteiger partial charge is 0.323 e. The predicted molar refractivity (Wildman–Crippen MR) is 65.0 cm³/mol. The van der Waals surface area contributed by atoms with Gasteiger partial charge in [0.1, 0.15) is 6.04 Å². The molecule has 4 heteroatoms. The van der Waals surface area contributed by atoms with Gasteiger partial charge in [0.25, 0.3) is 0 Å². The summed E-state index contributed by atoms with van der Waals surface area (Å²) in [4.78, 5) is 13.5. The van der Waals surface area contributed by atoms with Crippen molar-refractivity contribution in [2.75, 3.05) is 20.3 Å². The van der Waals surface area contributed by atoms with E-state index in [1.807, 2.05) is 0 Å². The molecule has 1 aliphatic heterocycles. The van der Waals surface area contributed by atoms with Crippen LogP contribution >= 0.6 is 0 Å². The molecule has 0 amide bonds. The van der Waals surface area contributed by atoms with Gasteiger partial charge in [-0.3, -0.25) is 9.69 Å². The van der Waals surface area contributed by atoms with Crippen LogP contribution in [0.15, 0.2) is 0 Å². The van der Waals surface area contributed by atoms with Gasteiger partial charge in [-0.2, -0.15) is 0 Å². The highest BCUT2D eigenvalue weighted by Crippen LogP contribution is 2.36. The second-order valence-corrected chi connectivity index (χ2v) is 5.30. The normalized spacial score (nSPS) is 28.6. The number of rotatable bonds is 5. The standard InChI is InChI=1S/C13H23NO3/c1-17-9-12(13(15)16)14-8-4-7-11(14)10-5-2-3-6-10/h10-12H,2-9H2,1H3,(H,15,16). The van der Waals surface area contributed by atoms with Crippen molar-refractivity contribution in [3.8, 4) is 0 Å². The minimum Gasteiger partial charge on any atom is -0.480 e. The van der Waals surface area contributed by atoms with Crippen LogP contribution in [0.1, 0.15) is 38.5 Å². The van der Waals surface area contributed by atoms with E-state index in [0.29, 0.717) is 12.6 Å². The lowest BCUT2D eigenvalue weighted by Crippen LogP contribution is -2.48. The van der Waals surface area contributed by atoms with Gasteiger partial charge in [-0.1, -0.05) is 12.8 Å². The van der Waals surface area contributed by atoms with Gasteiger partial charge in [0.05, 0.1) is 6.61 Å². The highest BCUT2D eigenvalue weighted by molar-refractivity contribution is 5.73.